The van der Waals surface area contributed by atoms with Gasteiger partial charge in [-0.15, -0.1) is 11.3 Å². The fourth-order valence-electron chi connectivity index (χ4n) is 3.45. The van der Waals surface area contributed by atoms with Crippen molar-refractivity contribution in [2.75, 3.05) is 30.3 Å². The SMILES string of the molecule is CCc1ccccc1NC(=O)CNc1nc(CN(CC)CC)nc2sc(C)c(C)c12. The number of para-hydroxylation sites is 1. The predicted molar refractivity (Wildman–Crippen MR) is 126 cm³/mol. The van der Waals surface area contributed by atoms with E-state index in [4.69, 9.17) is 9.97 Å². The molecule has 3 rings (SSSR count). The number of carbonyl (C=O) groups excluding carboxylic acids is 1. The van der Waals surface area contributed by atoms with Gasteiger partial charge in [-0.05, 0) is 50.6 Å². The zero-order valence-corrected chi connectivity index (χ0v) is 19.3. The lowest BCUT2D eigenvalue weighted by Crippen LogP contribution is -2.25. The number of thiophene rings is 1. The van der Waals surface area contributed by atoms with Crippen LogP contribution in [0.4, 0.5) is 11.5 Å². The highest BCUT2D eigenvalue weighted by atomic mass is 32.1. The summed E-state index contributed by atoms with van der Waals surface area (Å²) in [7, 11) is 0. The number of nitrogens with zero attached hydrogens (tertiary/aromatic N) is 3. The number of anilines is 2. The number of carbonyl (C=O) groups is 1. The molecule has 160 valence electrons. The van der Waals surface area contributed by atoms with Crippen LogP contribution < -0.4 is 10.6 Å². The molecule has 3 aromatic rings. The Morgan fingerprint density at radius 2 is 1.83 bits per heavy atom. The predicted octanol–water partition coefficient (Wildman–Crippen LogP) is 4.76. The Labute approximate surface area is 182 Å². The molecular formula is C23H31N5OS. The summed E-state index contributed by atoms with van der Waals surface area (Å²) >= 11 is 1.68. The smallest absolute Gasteiger partial charge is 0.243 e. The first kappa shape index (κ1) is 22.2. The minimum absolute atomic E-state index is 0.0856. The first-order valence-corrected chi connectivity index (χ1v) is 11.4. The Bertz CT molecular complexity index is 1030. The number of rotatable bonds is 9. The molecule has 0 fully saturated rings. The molecule has 7 heteroatoms. The van der Waals surface area contributed by atoms with Gasteiger partial charge >= 0.3 is 0 Å². The molecule has 30 heavy (non-hydrogen) atoms. The van der Waals surface area contributed by atoms with E-state index in [9.17, 15) is 4.79 Å². The Hall–Kier alpha value is -2.51. The quantitative estimate of drug-likeness (QED) is 0.517. The second kappa shape index (κ2) is 10.00. The number of amides is 1. The van der Waals surface area contributed by atoms with Crippen molar-refractivity contribution >= 4 is 39.0 Å². The maximum absolute atomic E-state index is 12.6. The number of fused-ring (bicyclic) bond motifs is 1. The van der Waals surface area contributed by atoms with Gasteiger partial charge in [-0.25, -0.2) is 9.97 Å². The van der Waals surface area contributed by atoms with Crippen molar-refractivity contribution in [2.45, 2.75) is 47.6 Å². The molecule has 2 N–H and O–H groups in total. The van der Waals surface area contributed by atoms with Gasteiger partial charge in [0.25, 0.3) is 0 Å². The lowest BCUT2D eigenvalue weighted by Gasteiger charge is -2.17. The van der Waals surface area contributed by atoms with Gasteiger partial charge in [-0.1, -0.05) is 39.0 Å². The van der Waals surface area contributed by atoms with Gasteiger partial charge in [0.1, 0.15) is 16.5 Å². The lowest BCUT2D eigenvalue weighted by molar-refractivity contribution is -0.114. The fourth-order valence-corrected chi connectivity index (χ4v) is 4.50. The van der Waals surface area contributed by atoms with E-state index >= 15 is 0 Å². The van der Waals surface area contributed by atoms with Crippen molar-refractivity contribution in [1.82, 2.24) is 14.9 Å². The van der Waals surface area contributed by atoms with Gasteiger partial charge in [0.2, 0.25) is 5.91 Å². The molecule has 1 amide bonds. The van der Waals surface area contributed by atoms with Gasteiger partial charge in [0.15, 0.2) is 0 Å². The van der Waals surface area contributed by atoms with Crippen LogP contribution in [0.2, 0.25) is 0 Å². The third-order valence-corrected chi connectivity index (χ3v) is 6.52. The van der Waals surface area contributed by atoms with Crippen LogP contribution in [-0.2, 0) is 17.8 Å². The van der Waals surface area contributed by atoms with Crippen LogP contribution in [0.3, 0.4) is 0 Å². The molecule has 0 aliphatic rings. The van der Waals surface area contributed by atoms with Gasteiger partial charge in [-0.2, -0.15) is 0 Å². The van der Waals surface area contributed by atoms with Crippen LogP contribution >= 0.6 is 11.3 Å². The van der Waals surface area contributed by atoms with Crippen molar-refractivity contribution in [3.63, 3.8) is 0 Å². The first-order chi connectivity index (χ1) is 14.5. The summed E-state index contributed by atoms with van der Waals surface area (Å²) in [5.41, 5.74) is 3.16. The summed E-state index contributed by atoms with van der Waals surface area (Å²) in [6.07, 6.45) is 0.874. The molecule has 0 saturated heterocycles. The molecule has 2 heterocycles. The molecule has 2 aromatic heterocycles. The molecular weight excluding hydrogens is 394 g/mol. The number of benzene rings is 1. The minimum Gasteiger partial charge on any atom is -0.360 e. The average Bonchev–Trinajstić information content (AvgIpc) is 3.04. The molecule has 0 spiro atoms. The van der Waals surface area contributed by atoms with Crippen molar-refractivity contribution < 1.29 is 4.79 Å². The van der Waals surface area contributed by atoms with Gasteiger partial charge < -0.3 is 10.6 Å². The van der Waals surface area contributed by atoms with E-state index in [0.29, 0.717) is 6.54 Å². The fraction of sp³-hybridized carbons (Fsp3) is 0.435. The maximum Gasteiger partial charge on any atom is 0.243 e. The van der Waals surface area contributed by atoms with Crippen LogP contribution in [-0.4, -0.2) is 40.4 Å². The summed E-state index contributed by atoms with van der Waals surface area (Å²) in [5, 5.41) is 7.30. The number of nitrogens with one attached hydrogen (secondary N) is 2. The van der Waals surface area contributed by atoms with Crippen LogP contribution in [0.1, 0.15) is 42.6 Å². The van der Waals surface area contributed by atoms with Gasteiger partial charge in [0.05, 0.1) is 18.5 Å². The monoisotopic (exact) mass is 425 g/mol. The maximum atomic E-state index is 12.6. The van der Waals surface area contributed by atoms with Crippen molar-refractivity contribution in [3.8, 4) is 0 Å². The minimum atomic E-state index is -0.0856. The van der Waals surface area contributed by atoms with Crippen molar-refractivity contribution in [2.24, 2.45) is 0 Å². The lowest BCUT2D eigenvalue weighted by atomic mass is 10.1. The Morgan fingerprint density at radius 3 is 2.53 bits per heavy atom. The Balaban J connectivity index is 1.82. The summed E-state index contributed by atoms with van der Waals surface area (Å²) in [6.45, 7) is 13.3. The Morgan fingerprint density at radius 1 is 1.10 bits per heavy atom. The number of aromatic nitrogens is 2. The van der Waals surface area contributed by atoms with Crippen LogP contribution in [0, 0.1) is 13.8 Å². The third kappa shape index (κ3) is 4.96. The number of hydrogen-bond acceptors (Lipinski definition) is 6. The highest BCUT2D eigenvalue weighted by Gasteiger charge is 2.16. The number of hydrogen-bond donors (Lipinski definition) is 2. The van der Waals surface area contributed by atoms with E-state index in [0.717, 1.165) is 52.6 Å². The largest absolute Gasteiger partial charge is 0.360 e. The van der Waals surface area contributed by atoms with Crippen LogP contribution in [0.15, 0.2) is 24.3 Å². The van der Waals surface area contributed by atoms with Crippen LogP contribution in [0.5, 0.6) is 0 Å². The summed E-state index contributed by atoms with van der Waals surface area (Å²) in [6, 6.07) is 7.90. The first-order valence-electron chi connectivity index (χ1n) is 10.6. The summed E-state index contributed by atoms with van der Waals surface area (Å²) in [4.78, 5) is 26.7. The van der Waals surface area contributed by atoms with E-state index in [1.54, 1.807) is 11.3 Å². The van der Waals surface area contributed by atoms with Crippen molar-refractivity contribution in [3.05, 3.63) is 46.1 Å². The summed E-state index contributed by atoms with van der Waals surface area (Å²) < 4.78 is 0. The molecule has 0 atom stereocenters. The van der Waals surface area contributed by atoms with E-state index in [2.05, 4.69) is 50.2 Å². The molecule has 0 radical (unpaired) electrons. The van der Waals surface area contributed by atoms with E-state index in [-0.39, 0.29) is 12.5 Å². The second-order valence-corrected chi connectivity index (χ2v) is 8.53. The van der Waals surface area contributed by atoms with Crippen LogP contribution in [0.25, 0.3) is 10.2 Å². The highest BCUT2D eigenvalue weighted by Crippen LogP contribution is 2.33. The normalized spacial score (nSPS) is 11.3. The molecule has 0 unspecified atom stereocenters. The molecule has 0 aliphatic heterocycles. The molecule has 1 aromatic carbocycles. The number of aryl methyl sites for hydroxylation is 3. The standard InChI is InChI=1S/C23H31N5OS/c1-6-17-11-9-10-12-18(17)25-20(29)13-24-22-21-15(4)16(5)30-23(21)27-19(26-22)14-28(7-2)8-3/h9-12H,6-8,13-14H2,1-5H3,(H,25,29)(H,24,26,27). The van der Waals surface area contributed by atoms with E-state index in [1.807, 2.05) is 24.3 Å². The summed E-state index contributed by atoms with van der Waals surface area (Å²) in [5.74, 6) is 1.44. The molecule has 0 aliphatic carbocycles. The topological polar surface area (TPSA) is 70.2 Å². The van der Waals surface area contributed by atoms with E-state index < -0.39 is 0 Å². The van der Waals surface area contributed by atoms with Gasteiger partial charge in [0, 0.05) is 10.6 Å². The average molecular weight is 426 g/mol. The Kier molecular flexibility index (Phi) is 7.39. The molecule has 0 bridgehead atoms. The third-order valence-electron chi connectivity index (χ3n) is 5.42. The zero-order valence-electron chi connectivity index (χ0n) is 18.5. The molecule has 0 saturated carbocycles. The molecule has 6 nitrogen and oxygen atoms in total. The van der Waals surface area contributed by atoms with Gasteiger partial charge in [-0.3, -0.25) is 9.69 Å². The van der Waals surface area contributed by atoms with E-state index in [1.165, 1.54) is 10.4 Å². The zero-order chi connectivity index (χ0) is 21.7. The van der Waals surface area contributed by atoms with Crippen molar-refractivity contribution in [1.29, 1.82) is 0 Å². The highest BCUT2D eigenvalue weighted by molar-refractivity contribution is 7.18. The second-order valence-electron chi connectivity index (χ2n) is 7.33.